The SMILES string of the molecule is CN=C(NCc1cn2c(n1)CCCC2)N1CCN(c2ccc(F)cc2)CC1.I. The minimum Gasteiger partial charge on any atom is -0.368 e. The number of aromatic nitrogens is 2. The molecule has 28 heavy (non-hydrogen) atoms. The Morgan fingerprint density at radius 3 is 2.54 bits per heavy atom. The quantitative estimate of drug-likeness (QED) is 0.402. The van der Waals surface area contributed by atoms with Gasteiger partial charge in [-0.25, -0.2) is 9.37 Å². The van der Waals surface area contributed by atoms with Crippen molar-refractivity contribution in [2.45, 2.75) is 32.4 Å². The van der Waals surface area contributed by atoms with E-state index in [2.05, 4.69) is 30.9 Å². The van der Waals surface area contributed by atoms with Crippen molar-refractivity contribution in [2.24, 2.45) is 4.99 Å². The number of nitrogens with one attached hydrogen (secondary N) is 1. The van der Waals surface area contributed by atoms with Crippen molar-refractivity contribution in [1.29, 1.82) is 0 Å². The number of piperazine rings is 1. The third kappa shape index (κ3) is 4.76. The molecule has 4 rings (SSSR count). The minimum atomic E-state index is -0.192. The van der Waals surface area contributed by atoms with Crippen LogP contribution in [0.2, 0.25) is 0 Å². The highest BCUT2D eigenvalue weighted by Crippen LogP contribution is 2.17. The monoisotopic (exact) mass is 498 g/mol. The van der Waals surface area contributed by atoms with Gasteiger partial charge in [0.25, 0.3) is 0 Å². The summed E-state index contributed by atoms with van der Waals surface area (Å²) in [4.78, 5) is 13.8. The summed E-state index contributed by atoms with van der Waals surface area (Å²) in [5.41, 5.74) is 2.15. The molecule has 2 aliphatic heterocycles. The van der Waals surface area contributed by atoms with Crippen LogP contribution < -0.4 is 10.2 Å². The Balaban J connectivity index is 0.00000225. The van der Waals surface area contributed by atoms with Crippen LogP contribution in [0.4, 0.5) is 10.1 Å². The summed E-state index contributed by atoms with van der Waals surface area (Å²) in [6.45, 7) is 5.34. The summed E-state index contributed by atoms with van der Waals surface area (Å²) in [6, 6.07) is 6.73. The summed E-state index contributed by atoms with van der Waals surface area (Å²) in [5.74, 6) is 1.93. The Morgan fingerprint density at radius 1 is 1.11 bits per heavy atom. The maximum absolute atomic E-state index is 13.1. The molecule has 0 saturated carbocycles. The second-order valence-corrected chi connectivity index (χ2v) is 7.15. The van der Waals surface area contributed by atoms with Crippen molar-refractivity contribution in [3.63, 3.8) is 0 Å². The van der Waals surface area contributed by atoms with Gasteiger partial charge in [0.05, 0.1) is 12.2 Å². The van der Waals surface area contributed by atoms with Crippen LogP contribution in [0.25, 0.3) is 0 Å². The highest BCUT2D eigenvalue weighted by Gasteiger charge is 2.20. The lowest BCUT2D eigenvalue weighted by molar-refractivity contribution is 0.372. The van der Waals surface area contributed by atoms with E-state index in [9.17, 15) is 4.39 Å². The fourth-order valence-electron chi connectivity index (χ4n) is 3.89. The van der Waals surface area contributed by atoms with Gasteiger partial charge in [-0.2, -0.15) is 0 Å². The number of fused-ring (bicyclic) bond motifs is 1. The van der Waals surface area contributed by atoms with Gasteiger partial charge in [0.2, 0.25) is 0 Å². The number of rotatable bonds is 3. The normalized spacial score (nSPS) is 17.1. The lowest BCUT2D eigenvalue weighted by Gasteiger charge is -2.37. The average Bonchev–Trinajstić information content (AvgIpc) is 3.12. The summed E-state index contributed by atoms with van der Waals surface area (Å²) >= 11 is 0. The van der Waals surface area contributed by atoms with E-state index in [1.54, 1.807) is 0 Å². The minimum absolute atomic E-state index is 0. The van der Waals surface area contributed by atoms with Crippen LogP contribution in [0.1, 0.15) is 24.4 Å². The molecule has 0 bridgehead atoms. The van der Waals surface area contributed by atoms with Gasteiger partial charge in [-0.05, 0) is 37.1 Å². The molecule has 3 heterocycles. The van der Waals surface area contributed by atoms with Crippen molar-refractivity contribution in [1.82, 2.24) is 19.8 Å². The Kier molecular flexibility index (Phi) is 7.14. The van der Waals surface area contributed by atoms with Crippen LogP contribution in [-0.2, 0) is 19.5 Å². The molecule has 0 unspecified atom stereocenters. The first kappa shape index (κ1) is 20.9. The van der Waals surface area contributed by atoms with Crippen molar-refractivity contribution in [2.75, 3.05) is 38.1 Å². The molecule has 1 fully saturated rings. The molecule has 0 amide bonds. The van der Waals surface area contributed by atoms with Crippen molar-refractivity contribution in [3.05, 3.63) is 47.8 Å². The van der Waals surface area contributed by atoms with Gasteiger partial charge in [-0.3, -0.25) is 4.99 Å². The average molecular weight is 498 g/mol. The fraction of sp³-hybridized carbons (Fsp3) is 0.500. The topological polar surface area (TPSA) is 48.7 Å². The van der Waals surface area contributed by atoms with Gasteiger partial charge < -0.3 is 19.7 Å². The van der Waals surface area contributed by atoms with Gasteiger partial charge >= 0.3 is 0 Å². The van der Waals surface area contributed by atoms with Crippen LogP contribution in [0.5, 0.6) is 0 Å². The van der Waals surface area contributed by atoms with E-state index < -0.39 is 0 Å². The smallest absolute Gasteiger partial charge is 0.194 e. The summed E-state index contributed by atoms with van der Waals surface area (Å²) in [6.07, 6.45) is 5.74. The molecule has 152 valence electrons. The lowest BCUT2D eigenvalue weighted by atomic mass is 10.2. The number of halogens is 2. The Labute approximate surface area is 182 Å². The van der Waals surface area contributed by atoms with Gasteiger partial charge in [-0.15, -0.1) is 24.0 Å². The van der Waals surface area contributed by atoms with Crippen LogP contribution >= 0.6 is 24.0 Å². The molecule has 0 aliphatic carbocycles. The molecular weight excluding hydrogens is 470 g/mol. The first-order valence-corrected chi connectivity index (χ1v) is 9.74. The molecule has 1 saturated heterocycles. The number of aryl methyl sites for hydroxylation is 2. The zero-order valence-electron chi connectivity index (χ0n) is 16.3. The molecule has 6 nitrogen and oxygen atoms in total. The molecule has 8 heteroatoms. The van der Waals surface area contributed by atoms with Gasteiger partial charge in [-0.1, -0.05) is 0 Å². The van der Waals surface area contributed by atoms with Crippen LogP contribution in [0.15, 0.2) is 35.5 Å². The number of guanidine groups is 1. The third-order valence-corrected chi connectivity index (χ3v) is 5.37. The highest BCUT2D eigenvalue weighted by molar-refractivity contribution is 14.0. The Bertz CT molecular complexity index is 772. The number of nitrogens with zero attached hydrogens (tertiary/aromatic N) is 5. The standard InChI is InChI=1S/C20H27FN6.HI/c1-22-20(23-14-17-15-27-9-3-2-4-19(27)24-17)26-12-10-25(11-13-26)18-7-5-16(21)6-8-18;/h5-8,15H,2-4,9-14H2,1H3,(H,22,23);1H. The van der Waals surface area contributed by atoms with E-state index >= 15 is 0 Å². The summed E-state index contributed by atoms with van der Waals surface area (Å²) in [7, 11) is 1.83. The molecule has 0 radical (unpaired) electrons. The zero-order valence-corrected chi connectivity index (χ0v) is 18.6. The maximum Gasteiger partial charge on any atom is 0.194 e. The predicted molar refractivity (Wildman–Crippen MR) is 121 cm³/mol. The summed E-state index contributed by atoms with van der Waals surface area (Å²) in [5, 5.41) is 3.46. The largest absolute Gasteiger partial charge is 0.368 e. The fourth-order valence-corrected chi connectivity index (χ4v) is 3.89. The van der Waals surface area contributed by atoms with E-state index in [1.807, 2.05) is 19.2 Å². The van der Waals surface area contributed by atoms with Crippen molar-refractivity contribution in [3.8, 4) is 0 Å². The van der Waals surface area contributed by atoms with Crippen molar-refractivity contribution >= 4 is 35.6 Å². The number of benzene rings is 1. The molecule has 2 aromatic rings. The van der Waals surface area contributed by atoms with Gasteiger partial charge in [0.1, 0.15) is 11.6 Å². The Morgan fingerprint density at radius 2 is 1.86 bits per heavy atom. The number of anilines is 1. The number of aliphatic imine (C=N–C) groups is 1. The summed E-state index contributed by atoms with van der Waals surface area (Å²) < 4.78 is 15.4. The molecule has 1 aromatic heterocycles. The van der Waals surface area contributed by atoms with E-state index in [1.165, 1.54) is 30.8 Å². The second kappa shape index (κ2) is 9.58. The first-order chi connectivity index (χ1) is 13.2. The molecule has 2 aliphatic rings. The van der Waals surface area contributed by atoms with E-state index in [4.69, 9.17) is 4.98 Å². The molecule has 1 aromatic carbocycles. The third-order valence-electron chi connectivity index (χ3n) is 5.37. The number of hydrogen-bond acceptors (Lipinski definition) is 3. The first-order valence-electron chi connectivity index (χ1n) is 9.74. The van der Waals surface area contributed by atoms with Gasteiger partial charge in [0.15, 0.2) is 5.96 Å². The number of hydrogen-bond donors (Lipinski definition) is 1. The predicted octanol–water partition coefficient (Wildman–Crippen LogP) is 2.87. The van der Waals surface area contributed by atoms with E-state index in [0.29, 0.717) is 6.54 Å². The van der Waals surface area contributed by atoms with E-state index in [0.717, 1.165) is 56.5 Å². The Hall–Kier alpha value is -1.84. The van der Waals surface area contributed by atoms with Crippen LogP contribution in [0.3, 0.4) is 0 Å². The van der Waals surface area contributed by atoms with Crippen LogP contribution in [0, 0.1) is 5.82 Å². The number of imidazole rings is 1. The molecule has 0 atom stereocenters. The van der Waals surface area contributed by atoms with Crippen molar-refractivity contribution < 1.29 is 4.39 Å². The zero-order chi connectivity index (χ0) is 18.6. The van der Waals surface area contributed by atoms with E-state index in [-0.39, 0.29) is 29.8 Å². The van der Waals surface area contributed by atoms with Crippen LogP contribution in [-0.4, -0.2) is 53.6 Å². The molecule has 0 spiro atoms. The maximum atomic E-state index is 13.1. The second-order valence-electron chi connectivity index (χ2n) is 7.15. The lowest BCUT2D eigenvalue weighted by Crippen LogP contribution is -2.52. The molecule has 1 N–H and O–H groups in total. The van der Waals surface area contributed by atoms with Gasteiger partial charge in [0, 0.05) is 58.1 Å². The molecular formula is C20H28FIN6. The highest BCUT2D eigenvalue weighted by atomic mass is 127.